The monoisotopic (exact) mass is 396 g/mol. The summed E-state index contributed by atoms with van der Waals surface area (Å²) >= 11 is 0. The van der Waals surface area contributed by atoms with Crippen LogP contribution in [0, 0.1) is 19.3 Å². The van der Waals surface area contributed by atoms with Crippen molar-refractivity contribution in [3.05, 3.63) is 47.2 Å². The summed E-state index contributed by atoms with van der Waals surface area (Å²) in [5, 5.41) is 10.4. The predicted molar refractivity (Wildman–Crippen MR) is 104 cm³/mol. The van der Waals surface area contributed by atoms with Crippen LogP contribution < -0.4 is 5.32 Å². The second-order valence-electron chi connectivity index (χ2n) is 7.97. The maximum absolute atomic E-state index is 13.0. The number of carbonyl (C=O) groups is 2. The average Bonchev–Trinajstić information content (AvgIpc) is 3.30. The Labute approximate surface area is 168 Å². The molecule has 1 atom stereocenters. The predicted octanol–water partition coefficient (Wildman–Crippen LogP) is 1.89. The Morgan fingerprint density at radius 1 is 1.24 bits per heavy atom. The van der Waals surface area contributed by atoms with Crippen LogP contribution in [-0.4, -0.2) is 49.5 Å². The third-order valence-electron chi connectivity index (χ3n) is 5.51. The van der Waals surface area contributed by atoms with Gasteiger partial charge in [-0.05, 0) is 45.2 Å². The molecule has 9 nitrogen and oxygen atoms in total. The van der Waals surface area contributed by atoms with Crippen molar-refractivity contribution >= 4 is 17.5 Å². The molecule has 2 amide bonds. The van der Waals surface area contributed by atoms with Gasteiger partial charge in [-0.15, -0.1) is 0 Å². The van der Waals surface area contributed by atoms with Crippen LogP contribution in [0.4, 0.5) is 0 Å². The number of aromatic nitrogens is 4. The molecular weight excluding hydrogens is 372 g/mol. The lowest BCUT2D eigenvalue weighted by atomic mass is 9.80. The molecule has 1 unspecified atom stereocenters. The summed E-state index contributed by atoms with van der Waals surface area (Å²) < 4.78 is 6.52. The molecule has 1 saturated heterocycles. The zero-order valence-electron chi connectivity index (χ0n) is 16.8. The van der Waals surface area contributed by atoms with Crippen molar-refractivity contribution in [1.82, 2.24) is 29.9 Å². The molecule has 0 spiro atoms. The number of amides is 2. The Morgan fingerprint density at radius 3 is 2.83 bits per heavy atom. The highest BCUT2D eigenvalue weighted by molar-refractivity contribution is 5.94. The maximum Gasteiger partial charge on any atom is 0.274 e. The Morgan fingerprint density at radius 2 is 2.07 bits per heavy atom. The summed E-state index contributed by atoms with van der Waals surface area (Å²) in [5.41, 5.74) is 2.80. The maximum atomic E-state index is 13.0. The van der Waals surface area contributed by atoms with Gasteiger partial charge in [-0.25, -0.2) is 9.61 Å². The lowest BCUT2D eigenvalue weighted by Crippen LogP contribution is -2.51. The molecule has 3 aromatic heterocycles. The van der Waals surface area contributed by atoms with Gasteiger partial charge in [0.25, 0.3) is 5.91 Å². The Hall–Kier alpha value is -3.23. The van der Waals surface area contributed by atoms with Gasteiger partial charge >= 0.3 is 0 Å². The lowest BCUT2D eigenvalue weighted by molar-refractivity contribution is -0.132. The van der Waals surface area contributed by atoms with E-state index in [2.05, 4.69) is 25.2 Å². The molecule has 9 heteroatoms. The number of hydrogen-bond donors (Lipinski definition) is 1. The SMILES string of the molecule is Cc1ccc2nc(C(=O)N3CCCC(C)(C(=O)NCc4nonc4C)C3)cn2c1. The van der Waals surface area contributed by atoms with E-state index in [4.69, 9.17) is 0 Å². The molecule has 1 aliphatic rings. The first-order chi connectivity index (χ1) is 13.9. The molecule has 3 aromatic rings. The van der Waals surface area contributed by atoms with Crippen molar-refractivity contribution in [2.24, 2.45) is 5.41 Å². The molecule has 0 radical (unpaired) electrons. The van der Waals surface area contributed by atoms with Gasteiger partial charge in [0.1, 0.15) is 22.7 Å². The third-order valence-corrected chi connectivity index (χ3v) is 5.51. The zero-order chi connectivity index (χ0) is 20.6. The summed E-state index contributed by atoms with van der Waals surface area (Å²) in [6.45, 7) is 6.87. The van der Waals surface area contributed by atoms with Gasteiger partial charge in [0.15, 0.2) is 0 Å². The van der Waals surface area contributed by atoms with Crippen LogP contribution in [0.25, 0.3) is 5.65 Å². The van der Waals surface area contributed by atoms with Crippen molar-refractivity contribution < 1.29 is 14.2 Å². The minimum absolute atomic E-state index is 0.108. The molecule has 0 bridgehead atoms. The molecule has 4 heterocycles. The van der Waals surface area contributed by atoms with Crippen LogP contribution in [0.15, 0.2) is 29.2 Å². The topological polar surface area (TPSA) is 106 Å². The van der Waals surface area contributed by atoms with Crippen molar-refractivity contribution in [3.8, 4) is 0 Å². The number of hydrogen-bond acceptors (Lipinski definition) is 6. The molecule has 29 heavy (non-hydrogen) atoms. The number of rotatable bonds is 4. The number of carbonyl (C=O) groups excluding carboxylic acids is 2. The second-order valence-corrected chi connectivity index (χ2v) is 7.97. The highest BCUT2D eigenvalue weighted by Gasteiger charge is 2.40. The van der Waals surface area contributed by atoms with Crippen LogP contribution in [0.3, 0.4) is 0 Å². The minimum atomic E-state index is -0.672. The third kappa shape index (κ3) is 3.72. The lowest BCUT2D eigenvalue weighted by Gasteiger charge is -2.39. The molecule has 1 aliphatic heterocycles. The molecule has 1 fully saturated rings. The van der Waals surface area contributed by atoms with Gasteiger partial charge in [0, 0.05) is 25.5 Å². The van der Waals surface area contributed by atoms with Crippen LogP contribution in [0.5, 0.6) is 0 Å². The number of piperidine rings is 1. The van der Waals surface area contributed by atoms with E-state index in [0.29, 0.717) is 36.6 Å². The van der Waals surface area contributed by atoms with Gasteiger partial charge in [-0.2, -0.15) is 0 Å². The van der Waals surface area contributed by atoms with Crippen LogP contribution >= 0.6 is 0 Å². The van der Waals surface area contributed by atoms with E-state index in [1.165, 1.54) is 0 Å². The van der Waals surface area contributed by atoms with Crippen molar-refractivity contribution in [1.29, 1.82) is 0 Å². The number of nitrogens with one attached hydrogen (secondary N) is 1. The summed E-state index contributed by atoms with van der Waals surface area (Å²) in [5.74, 6) is -0.260. The van der Waals surface area contributed by atoms with Gasteiger partial charge in [-0.3, -0.25) is 9.59 Å². The number of imidazole rings is 1. The van der Waals surface area contributed by atoms with E-state index < -0.39 is 5.41 Å². The van der Waals surface area contributed by atoms with Crippen molar-refractivity contribution in [2.75, 3.05) is 13.1 Å². The van der Waals surface area contributed by atoms with Crippen molar-refractivity contribution in [3.63, 3.8) is 0 Å². The number of fused-ring (bicyclic) bond motifs is 1. The summed E-state index contributed by atoms with van der Waals surface area (Å²) in [7, 11) is 0. The molecule has 0 saturated carbocycles. The van der Waals surface area contributed by atoms with Crippen LogP contribution in [0.1, 0.15) is 47.2 Å². The molecule has 1 N–H and O–H groups in total. The molecule has 4 rings (SSSR count). The first-order valence-electron chi connectivity index (χ1n) is 9.67. The normalized spacial score (nSPS) is 19.5. The van der Waals surface area contributed by atoms with E-state index in [1.54, 1.807) is 18.0 Å². The van der Waals surface area contributed by atoms with Gasteiger partial charge in [0.05, 0.1) is 12.0 Å². The van der Waals surface area contributed by atoms with Crippen molar-refractivity contribution in [2.45, 2.75) is 40.2 Å². The molecule has 0 aromatic carbocycles. The minimum Gasteiger partial charge on any atom is -0.350 e. The van der Waals surface area contributed by atoms with E-state index in [9.17, 15) is 9.59 Å². The van der Waals surface area contributed by atoms with Gasteiger partial charge in [0.2, 0.25) is 5.91 Å². The number of likely N-dealkylation sites (tertiary alicyclic amines) is 1. The summed E-state index contributed by atoms with van der Waals surface area (Å²) in [6, 6.07) is 3.85. The highest BCUT2D eigenvalue weighted by atomic mass is 16.6. The van der Waals surface area contributed by atoms with E-state index >= 15 is 0 Å². The fraction of sp³-hybridized carbons (Fsp3) is 0.450. The fourth-order valence-corrected chi connectivity index (χ4v) is 3.75. The smallest absolute Gasteiger partial charge is 0.274 e. The number of pyridine rings is 1. The molecular formula is C20H24N6O3. The van der Waals surface area contributed by atoms with Crippen LogP contribution in [-0.2, 0) is 11.3 Å². The van der Waals surface area contributed by atoms with E-state index in [0.717, 1.165) is 17.6 Å². The highest BCUT2D eigenvalue weighted by Crippen LogP contribution is 2.30. The van der Waals surface area contributed by atoms with Gasteiger partial charge in [-0.1, -0.05) is 16.4 Å². The van der Waals surface area contributed by atoms with Gasteiger partial charge < -0.3 is 14.6 Å². The Bertz CT molecular complexity index is 1070. The Balaban J connectivity index is 1.46. The standard InChI is InChI=1S/C20H24N6O3/c1-13-5-6-17-22-16(11-26(17)10-13)18(27)25-8-4-7-20(3,12-25)19(28)21-9-15-14(2)23-29-24-15/h5-6,10-11H,4,7-9,12H2,1-3H3,(H,21,28). The number of aryl methyl sites for hydroxylation is 2. The Kier molecular flexibility index (Phi) is 4.81. The first-order valence-corrected chi connectivity index (χ1v) is 9.67. The largest absolute Gasteiger partial charge is 0.350 e. The first kappa shape index (κ1) is 19.1. The molecule has 0 aliphatic carbocycles. The molecule has 152 valence electrons. The zero-order valence-corrected chi connectivity index (χ0v) is 16.8. The van der Waals surface area contributed by atoms with Crippen LogP contribution in [0.2, 0.25) is 0 Å². The quantitative estimate of drug-likeness (QED) is 0.722. The van der Waals surface area contributed by atoms with E-state index in [-0.39, 0.29) is 18.4 Å². The fourth-order valence-electron chi connectivity index (χ4n) is 3.75. The second kappa shape index (κ2) is 7.31. The summed E-state index contributed by atoms with van der Waals surface area (Å²) in [4.78, 5) is 32.1. The number of nitrogens with zero attached hydrogens (tertiary/aromatic N) is 5. The van der Waals surface area contributed by atoms with E-state index in [1.807, 2.05) is 36.6 Å². The average molecular weight is 396 g/mol. The summed E-state index contributed by atoms with van der Waals surface area (Å²) in [6.07, 6.45) is 5.15.